The van der Waals surface area contributed by atoms with Gasteiger partial charge in [0.25, 0.3) is 11.8 Å². The lowest BCUT2D eigenvalue weighted by Gasteiger charge is -2.46. The van der Waals surface area contributed by atoms with Gasteiger partial charge in [0.2, 0.25) is 11.8 Å². The van der Waals surface area contributed by atoms with Crippen molar-refractivity contribution in [3.8, 4) is 0 Å². The molecule has 9 nitrogen and oxygen atoms in total. The van der Waals surface area contributed by atoms with Crippen LogP contribution in [-0.4, -0.2) is 89.8 Å². The molecule has 0 spiro atoms. The van der Waals surface area contributed by atoms with E-state index in [2.05, 4.69) is 15.1 Å². The maximum atomic E-state index is 15.0. The predicted molar refractivity (Wildman–Crippen MR) is 138 cm³/mol. The molecule has 1 N–H and O–H groups in total. The summed E-state index contributed by atoms with van der Waals surface area (Å²) in [5, 5.41) is 2.21. The van der Waals surface area contributed by atoms with Crippen LogP contribution in [0.3, 0.4) is 0 Å². The van der Waals surface area contributed by atoms with Crippen LogP contribution in [-0.2, 0) is 33.7 Å². The fourth-order valence-corrected chi connectivity index (χ4v) is 6.06. The molecular weight excluding hydrogens is 503 g/mol. The van der Waals surface area contributed by atoms with Gasteiger partial charge >= 0.3 is 0 Å². The Bertz CT molecular complexity index is 1330. The van der Waals surface area contributed by atoms with Crippen molar-refractivity contribution < 1.29 is 28.3 Å². The predicted octanol–water partition coefficient (Wildman–Crippen LogP) is 1.53. The molecule has 4 aliphatic rings. The molecule has 0 bridgehead atoms. The maximum Gasteiger partial charge on any atom is 0.262 e. The van der Waals surface area contributed by atoms with E-state index in [0.29, 0.717) is 36.6 Å². The molecule has 0 aromatic heterocycles. The van der Waals surface area contributed by atoms with Gasteiger partial charge in [-0.05, 0) is 48.1 Å². The van der Waals surface area contributed by atoms with Gasteiger partial charge in [-0.25, -0.2) is 4.39 Å². The zero-order valence-corrected chi connectivity index (χ0v) is 21.7. The van der Waals surface area contributed by atoms with Crippen molar-refractivity contribution in [1.82, 2.24) is 20.0 Å². The van der Waals surface area contributed by atoms with E-state index < -0.39 is 29.7 Å². The van der Waals surface area contributed by atoms with Crippen molar-refractivity contribution in [2.45, 2.75) is 44.3 Å². The molecule has 4 heterocycles. The number of morpholine rings is 1. The van der Waals surface area contributed by atoms with Gasteiger partial charge in [0.05, 0.1) is 24.3 Å². The number of imide groups is 2. The van der Waals surface area contributed by atoms with Gasteiger partial charge in [-0.3, -0.25) is 39.2 Å². The zero-order chi connectivity index (χ0) is 27.1. The number of halogens is 1. The third-order valence-corrected chi connectivity index (χ3v) is 8.24. The fraction of sp³-hybridized carbons (Fsp3) is 0.448. The van der Waals surface area contributed by atoms with Gasteiger partial charge in [0.15, 0.2) is 0 Å². The fourth-order valence-electron chi connectivity index (χ4n) is 6.06. The lowest BCUT2D eigenvalue weighted by Crippen LogP contribution is -2.60. The van der Waals surface area contributed by atoms with Crippen molar-refractivity contribution in [1.29, 1.82) is 0 Å². The van der Waals surface area contributed by atoms with Crippen LogP contribution in [0.4, 0.5) is 4.39 Å². The lowest BCUT2D eigenvalue weighted by atomic mass is 9.96. The lowest BCUT2D eigenvalue weighted by molar-refractivity contribution is -0.136. The number of fused-ring (bicyclic) bond motifs is 1. The molecule has 10 heteroatoms. The van der Waals surface area contributed by atoms with Crippen molar-refractivity contribution >= 4 is 23.6 Å². The standard InChI is InChI=1S/C29H31FN4O5/c30-23-14-18(15-32-16-21(17-32)33-10-12-39-13-11-33)4-5-19(23)6-7-20-2-1-3-22-26(20)29(38)34(28(22)37)24-8-9-25(35)31-27(24)36/h1-5,14,21,24H,6-13,15-17H2,(H,31,35,36)/t24-/m1/s1. The SMILES string of the molecule is O=C1CC[C@@H](N2C(=O)c3cccc(CCc4ccc(CN5CC(N6CCOCC6)C5)cc4F)c3C2=O)C(=O)N1. The molecule has 6 rings (SSSR count). The van der Waals surface area contributed by atoms with E-state index in [1.54, 1.807) is 30.3 Å². The summed E-state index contributed by atoms with van der Waals surface area (Å²) in [5.41, 5.74) is 2.61. The summed E-state index contributed by atoms with van der Waals surface area (Å²) in [6.07, 6.45) is 0.909. The third-order valence-electron chi connectivity index (χ3n) is 8.24. The quantitative estimate of drug-likeness (QED) is 0.538. The minimum Gasteiger partial charge on any atom is -0.379 e. The monoisotopic (exact) mass is 534 g/mol. The molecule has 4 amide bonds. The zero-order valence-electron chi connectivity index (χ0n) is 21.7. The summed E-state index contributed by atoms with van der Waals surface area (Å²) >= 11 is 0. The molecule has 39 heavy (non-hydrogen) atoms. The Morgan fingerprint density at radius 3 is 2.46 bits per heavy atom. The first-order valence-electron chi connectivity index (χ1n) is 13.5. The number of benzene rings is 2. The number of nitrogens with zero attached hydrogens (tertiary/aromatic N) is 3. The Kier molecular flexibility index (Phi) is 7.01. The number of hydrogen-bond donors (Lipinski definition) is 1. The van der Waals surface area contributed by atoms with Gasteiger partial charge in [-0.1, -0.05) is 24.3 Å². The van der Waals surface area contributed by atoms with Gasteiger partial charge in [0.1, 0.15) is 11.9 Å². The Balaban J connectivity index is 1.09. The van der Waals surface area contributed by atoms with Crippen LogP contribution in [0.25, 0.3) is 0 Å². The Morgan fingerprint density at radius 1 is 0.949 bits per heavy atom. The number of piperidine rings is 1. The second kappa shape index (κ2) is 10.6. The Hall–Kier alpha value is -3.47. The minimum atomic E-state index is -1.01. The number of aryl methyl sites for hydroxylation is 2. The largest absolute Gasteiger partial charge is 0.379 e. The van der Waals surface area contributed by atoms with Crippen molar-refractivity contribution in [2.24, 2.45) is 0 Å². The summed E-state index contributed by atoms with van der Waals surface area (Å²) in [4.78, 5) is 55.9. The van der Waals surface area contributed by atoms with E-state index in [1.807, 2.05) is 6.07 Å². The van der Waals surface area contributed by atoms with E-state index in [0.717, 1.165) is 49.9 Å². The van der Waals surface area contributed by atoms with E-state index >= 15 is 4.39 Å². The van der Waals surface area contributed by atoms with Crippen LogP contribution in [0.1, 0.15) is 50.2 Å². The second-order valence-electron chi connectivity index (χ2n) is 10.7. The van der Waals surface area contributed by atoms with E-state index in [1.165, 1.54) is 0 Å². The summed E-state index contributed by atoms with van der Waals surface area (Å²) < 4.78 is 20.5. The molecular formula is C29H31FN4O5. The highest BCUT2D eigenvalue weighted by Crippen LogP contribution is 2.31. The Labute approximate surface area is 225 Å². The highest BCUT2D eigenvalue weighted by atomic mass is 19.1. The number of carbonyl (C=O) groups is 4. The van der Waals surface area contributed by atoms with Gasteiger partial charge in [-0.15, -0.1) is 0 Å². The van der Waals surface area contributed by atoms with Crippen LogP contribution in [0.5, 0.6) is 0 Å². The number of carbonyl (C=O) groups excluding carboxylic acids is 4. The molecule has 0 radical (unpaired) electrons. The van der Waals surface area contributed by atoms with Crippen molar-refractivity contribution in [2.75, 3.05) is 39.4 Å². The number of nitrogens with one attached hydrogen (secondary N) is 1. The van der Waals surface area contributed by atoms with Gasteiger partial charge in [-0.2, -0.15) is 0 Å². The first-order chi connectivity index (χ1) is 18.9. The van der Waals surface area contributed by atoms with E-state index in [4.69, 9.17) is 4.74 Å². The first-order valence-corrected chi connectivity index (χ1v) is 13.5. The molecule has 2 aromatic rings. The third kappa shape index (κ3) is 4.99. The number of ether oxygens (including phenoxy) is 1. The van der Waals surface area contributed by atoms with E-state index in [9.17, 15) is 19.2 Å². The molecule has 1 atom stereocenters. The number of likely N-dealkylation sites (tertiary alicyclic amines) is 1. The highest BCUT2D eigenvalue weighted by Gasteiger charge is 2.45. The normalized spacial score (nSPS) is 22.7. The number of amides is 4. The smallest absolute Gasteiger partial charge is 0.262 e. The summed E-state index contributed by atoms with van der Waals surface area (Å²) in [6.45, 7) is 6.19. The summed E-state index contributed by atoms with van der Waals surface area (Å²) in [6, 6.07) is 9.91. The number of hydrogen-bond acceptors (Lipinski definition) is 7. The van der Waals surface area contributed by atoms with Gasteiger partial charge in [0, 0.05) is 45.2 Å². The van der Waals surface area contributed by atoms with Crippen molar-refractivity contribution in [3.05, 3.63) is 70.0 Å². The van der Waals surface area contributed by atoms with Crippen LogP contribution < -0.4 is 5.32 Å². The highest BCUT2D eigenvalue weighted by molar-refractivity contribution is 6.24. The van der Waals surface area contributed by atoms with Gasteiger partial charge < -0.3 is 4.74 Å². The molecule has 3 saturated heterocycles. The molecule has 0 saturated carbocycles. The molecule has 2 aromatic carbocycles. The summed E-state index contributed by atoms with van der Waals surface area (Å²) in [7, 11) is 0. The van der Waals surface area contributed by atoms with Crippen LogP contribution >= 0.6 is 0 Å². The first kappa shape index (κ1) is 25.8. The number of rotatable bonds is 7. The van der Waals surface area contributed by atoms with E-state index in [-0.39, 0.29) is 29.8 Å². The van der Waals surface area contributed by atoms with Crippen LogP contribution in [0, 0.1) is 5.82 Å². The second-order valence-corrected chi connectivity index (χ2v) is 10.7. The molecule has 4 aliphatic heterocycles. The maximum absolute atomic E-state index is 15.0. The minimum absolute atomic E-state index is 0.0676. The van der Waals surface area contributed by atoms with Crippen LogP contribution in [0.15, 0.2) is 36.4 Å². The van der Waals surface area contributed by atoms with Crippen LogP contribution in [0.2, 0.25) is 0 Å². The topological polar surface area (TPSA) is 99.3 Å². The molecule has 3 fully saturated rings. The molecule has 204 valence electrons. The summed E-state index contributed by atoms with van der Waals surface area (Å²) in [5.74, 6) is -2.41. The average molecular weight is 535 g/mol. The molecule has 0 unspecified atom stereocenters. The van der Waals surface area contributed by atoms with Crippen molar-refractivity contribution in [3.63, 3.8) is 0 Å². The Morgan fingerprint density at radius 2 is 1.72 bits per heavy atom. The average Bonchev–Trinajstić information content (AvgIpc) is 3.16. The molecule has 0 aliphatic carbocycles.